The molecule has 0 saturated heterocycles. The first-order valence-corrected chi connectivity index (χ1v) is 5.59. The van der Waals surface area contributed by atoms with Gasteiger partial charge in [-0.1, -0.05) is 18.2 Å². The van der Waals surface area contributed by atoms with Crippen molar-refractivity contribution in [3.8, 4) is 0 Å². The van der Waals surface area contributed by atoms with Gasteiger partial charge < -0.3 is 10.6 Å². The Labute approximate surface area is 108 Å². The maximum absolute atomic E-state index is 11.8. The molecule has 104 valence electrons. The standard InChI is InChI=1S/C12H13F3N2O2/c13-12(14,15)11(19)17-8-4-7-16-10(18)9-5-2-1-3-6-9/h1-3,5-6H,4,7-8H2,(H,16,18)(H,17,19). The van der Waals surface area contributed by atoms with Gasteiger partial charge in [-0.05, 0) is 18.6 Å². The van der Waals surface area contributed by atoms with Crippen LogP contribution in [-0.2, 0) is 4.79 Å². The maximum atomic E-state index is 11.8. The highest BCUT2D eigenvalue weighted by atomic mass is 19.4. The van der Waals surface area contributed by atoms with Crippen LogP contribution in [0.3, 0.4) is 0 Å². The first kappa shape index (κ1) is 15.0. The number of hydrogen-bond donors (Lipinski definition) is 2. The summed E-state index contributed by atoms with van der Waals surface area (Å²) >= 11 is 0. The average molecular weight is 274 g/mol. The SMILES string of the molecule is O=C(NCCCNC(=O)C(F)(F)F)c1ccccc1. The zero-order valence-electron chi connectivity index (χ0n) is 9.96. The number of halogens is 3. The van der Waals surface area contributed by atoms with Crippen LogP contribution >= 0.6 is 0 Å². The molecule has 0 fully saturated rings. The third-order valence-corrected chi connectivity index (χ3v) is 2.22. The zero-order valence-corrected chi connectivity index (χ0v) is 9.96. The molecule has 0 atom stereocenters. The normalized spacial score (nSPS) is 10.9. The minimum Gasteiger partial charge on any atom is -0.352 e. The van der Waals surface area contributed by atoms with E-state index in [2.05, 4.69) is 5.32 Å². The first-order chi connectivity index (χ1) is 8.91. The molecule has 4 nitrogen and oxygen atoms in total. The molecule has 0 radical (unpaired) electrons. The second-order valence-corrected chi connectivity index (χ2v) is 3.73. The van der Waals surface area contributed by atoms with Crippen molar-refractivity contribution in [3.63, 3.8) is 0 Å². The Morgan fingerprint density at radius 1 is 1.00 bits per heavy atom. The fraction of sp³-hybridized carbons (Fsp3) is 0.333. The molecule has 2 N–H and O–H groups in total. The molecule has 7 heteroatoms. The van der Waals surface area contributed by atoms with Gasteiger partial charge in [0.25, 0.3) is 5.91 Å². The van der Waals surface area contributed by atoms with Gasteiger partial charge in [0.05, 0.1) is 0 Å². The van der Waals surface area contributed by atoms with Gasteiger partial charge in [0.2, 0.25) is 0 Å². The Kier molecular flexibility index (Phi) is 5.35. The van der Waals surface area contributed by atoms with Gasteiger partial charge in [-0.15, -0.1) is 0 Å². The number of amides is 2. The predicted octanol–water partition coefficient (Wildman–Crippen LogP) is 1.49. The largest absolute Gasteiger partial charge is 0.471 e. The number of carbonyl (C=O) groups excluding carboxylic acids is 2. The number of hydrogen-bond acceptors (Lipinski definition) is 2. The van der Waals surface area contributed by atoms with Gasteiger partial charge in [0.15, 0.2) is 0 Å². The summed E-state index contributed by atoms with van der Waals surface area (Å²) in [6, 6.07) is 8.43. The van der Waals surface area contributed by atoms with Crippen molar-refractivity contribution in [2.45, 2.75) is 12.6 Å². The highest BCUT2D eigenvalue weighted by molar-refractivity contribution is 5.94. The summed E-state index contributed by atoms with van der Waals surface area (Å²) in [6.07, 6.45) is -4.65. The van der Waals surface area contributed by atoms with E-state index in [0.29, 0.717) is 5.56 Å². The first-order valence-electron chi connectivity index (χ1n) is 5.59. The Bertz CT molecular complexity index is 432. The minimum absolute atomic E-state index is 0.145. The van der Waals surface area contributed by atoms with Crippen molar-refractivity contribution < 1.29 is 22.8 Å². The molecule has 0 heterocycles. The highest BCUT2D eigenvalue weighted by Gasteiger charge is 2.38. The van der Waals surface area contributed by atoms with Gasteiger partial charge in [-0.25, -0.2) is 0 Å². The van der Waals surface area contributed by atoms with E-state index < -0.39 is 12.1 Å². The van der Waals surface area contributed by atoms with E-state index in [9.17, 15) is 22.8 Å². The summed E-state index contributed by atoms with van der Waals surface area (Å²) in [7, 11) is 0. The van der Waals surface area contributed by atoms with Gasteiger partial charge in [0, 0.05) is 18.7 Å². The van der Waals surface area contributed by atoms with E-state index in [1.54, 1.807) is 35.6 Å². The summed E-state index contributed by atoms with van der Waals surface area (Å²) < 4.78 is 35.5. The molecule has 1 aromatic carbocycles. The minimum atomic E-state index is -4.87. The Morgan fingerprint density at radius 3 is 2.16 bits per heavy atom. The quantitative estimate of drug-likeness (QED) is 0.799. The molecule has 0 saturated carbocycles. The third-order valence-electron chi connectivity index (χ3n) is 2.22. The van der Waals surface area contributed by atoms with Crippen molar-refractivity contribution in [2.75, 3.05) is 13.1 Å². The lowest BCUT2D eigenvalue weighted by molar-refractivity contribution is -0.173. The van der Waals surface area contributed by atoms with E-state index >= 15 is 0 Å². The van der Waals surface area contributed by atoms with Crippen molar-refractivity contribution >= 4 is 11.8 Å². The van der Waals surface area contributed by atoms with Crippen LogP contribution in [0.5, 0.6) is 0 Å². The molecule has 0 unspecified atom stereocenters. The molecule has 19 heavy (non-hydrogen) atoms. The van der Waals surface area contributed by atoms with E-state index in [-0.39, 0.29) is 25.4 Å². The molecule has 1 aromatic rings. The van der Waals surface area contributed by atoms with Crippen molar-refractivity contribution in [1.29, 1.82) is 0 Å². The molecule has 2 amide bonds. The summed E-state index contributed by atoms with van der Waals surface area (Å²) in [6.45, 7) is 0.0410. The van der Waals surface area contributed by atoms with Gasteiger partial charge >= 0.3 is 12.1 Å². The summed E-state index contributed by atoms with van der Waals surface area (Å²) in [4.78, 5) is 22.0. The number of carbonyl (C=O) groups is 2. The fourth-order valence-electron chi connectivity index (χ4n) is 1.28. The molecular formula is C12H13F3N2O2. The van der Waals surface area contributed by atoms with E-state index in [1.165, 1.54) is 0 Å². The van der Waals surface area contributed by atoms with Crippen LogP contribution in [0.2, 0.25) is 0 Å². The third kappa shape index (κ3) is 5.41. The lowest BCUT2D eigenvalue weighted by Crippen LogP contribution is -2.38. The Balaban J connectivity index is 2.18. The molecular weight excluding hydrogens is 261 g/mol. The second-order valence-electron chi connectivity index (χ2n) is 3.73. The summed E-state index contributed by atoms with van der Waals surface area (Å²) in [5.41, 5.74) is 0.474. The molecule has 0 aliphatic carbocycles. The zero-order chi connectivity index (χ0) is 14.3. The molecule has 0 aliphatic rings. The number of nitrogens with one attached hydrogen (secondary N) is 2. The van der Waals surface area contributed by atoms with Crippen LogP contribution in [0, 0.1) is 0 Å². The number of alkyl halides is 3. The van der Waals surface area contributed by atoms with E-state index in [4.69, 9.17) is 0 Å². The smallest absolute Gasteiger partial charge is 0.352 e. The van der Waals surface area contributed by atoms with Crippen LogP contribution in [0.1, 0.15) is 16.8 Å². The van der Waals surface area contributed by atoms with Crippen molar-refractivity contribution in [1.82, 2.24) is 10.6 Å². The van der Waals surface area contributed by atoms with Crippen molar-refractivity contribution in [2.24, 2.45) is 0 Å². The van der Waals surface area contributed by atoms with Crippen LogP contribution in [0.25, 0.3) is 0 Å². The lowest BCUT2D eigenvalue weighted by atomic mass is 10.2. The molecule has 1 rings (SSSR count). The van der Waals surface area contributed by atoms with Crippen molar-refractivity contribution in [3.05, 3.63) is 35.9 Å². The summed E-state index contributed by atoms with van der Waals surface area (Å²) in [5, 5.41) is 4.26. The Morgan fingerprint density at radius 2 is 1.58 bits per heavy atom. The molecule has 0 aromatic heterocycles. The van der Waals surface area contributed by atoms with E-state index in [1.807, 2.05) is 0 Å². The summed E-state index contributed by atoms with van der Waals surface area (Å²) in [5.74, 6) is -2.27. The van der Waals surface area contributed by atoms with Gasteiger partial charge in [-0.3, -0.25) is 9.59 Å². The highest BCUT2D eigenvalue weighted by Crippen LogP contribution is 2.13. The van der Waals surface area contributed by atoms with Gasteiger partial charge in [0.1, 0.15) is 0 Å². The number of rotatable bonds is 5. The van der Waals surface area contributed by atoms with E-state index in [0.717, 1.165) is 0 Å². The fourth-order valence-corrected chi connectivity index (χ4v) is 1.28. The topological polar surface area (TPSA) is 58.2 Å². The predicted molar refractivity (Wildman–Crippen MR) is 62.5 cm³/mol. The van der Waals surface area contributed by atoms with Crippen LogP contribution in [0.4, 0.5) is 13.2 Å². The molecule has 0 aliphatic heterocycles. The Hall–Kier alpha value is -2.05. The van der Waals surface area contributed by atoms with Crippen LogP contribution in [-0.4, -0.2) is 31.1 Å². The van der Waals surface area contributed by atoms with Crippen LogP contribution in [0.15, 0.2) is 30.3 Å². The lowest BCUT2D eigenvalue weighted by Gasteiger charge is -2.08. The molecule has 0 spiro atoms. The van der Waals surface area contributed by atoms with Gasteiger partial charge in [-0.2, -0.15) is 13.2 Å². The maximum Gasteiger partial charge on any atom is 0.471 e. The number of benzene rings is 1. The van der Waals surface area contributed by atoms with Crippen LogP contribution < -0.4 is 10.6 Å². The average Bonchev–Trinajstić information content (AvgIpc) is 2.37. The second kappa shape index (κ2) is 6.77. The monoisotopic (exact) mass is 274 g/mol. The molecule has 0 bridgehead atoms.